The lowest BCUT2D eigenvalue weighted by Gasteiger charge is -2.32. The van der Waals surface area contributed by atoms with Crippen molar-refractivity contribution in [1.29, 1.82) is 0 Å². The molecule has 1 saturated heterocycles. The van der Waals surface area contributed by atoms with Gasteiger partial charge in [-0.1, -0.05) is 32.0 Å². The van der Waals surface area contributed by atoms with Crippen LogP contribution in [0.25, 0.3) is 0 Å². The van der Waals surface area contributed by atoms with Crippen molar-refractivity contribution in [2.75, 3.05) is 49.2 Å². The molecule has 9 nitrogen and oxygen atoms in total. The average Bonchev–Trinajstić information content (AvgIpc) is 3.40. The van der Waals surface area contributed by atoms with E-state index in [0.717, 1.165) is 61.3 Å². The third kappa shape index (κ3) is 7.13. The molecule has 5 rings (SSSR count). The van der Waals surface area contributed by atoms with Crippen molar-refractivity contribution in [1.82, 2.24) is 19.8 Å². The molecule has 2 aromatic carbocycles. The highest BCUT2D eigenvalue weighted by Crippen LogP contribution is 2.32. The van der Waals surface area contributed by atoms with Crippen molar-refractivity contribution in [3.8, 4) is 0 Å². The maximum absolute atomic E-state index is 13.0. The fourth-order valence-electron chi connectivity index (χ4n) is 4.92. The number of rotatable bonds is 7. The SMILES string of the molecule is C.CN1CCN(C(=O)c2ccc(Nc3ncc(Br)c(N[C@@H]4CCC[C@@H]4C(=O)Nc4ccccc4)n3)cc2)CC1. The molecule has 0 unspecified atom stereocenters. The molecule has 2 fully saturated rings. The minimum Gasteiger partial charge on any atom is -0.365 e. The van der Waals surface area contributed by atoms with Gasteiger partial charge in [0.2, 0.25) is 11.9 Å². The molecular formula is C29H36BrN7O2. The van der Waals surface area contributed by atoms with Crippen molar-refractivity contribution in [3.05, 3.63) is 70.8 Å². The Bertz CT molecular complexity index is 1260. The number of nitrogens with zero attached hydrogens (tertiary/aromatic N) is 4. The molecule has 0 radical (unpaired) electrons. The Balaban J connectivity index is 0.00000353. The number of halogens is 1. The third-order valence-electron chi connectivity index (χ3n) is 7.14. The van der Waals surface area contributed by atoms with Crippen LogP contribution in [0.15, 0.2) is 65.3 Å². The minimum absolute atomic E-state index is 0. The number of carbonyl (C=O) groups is 2. The third-order valence-corrected chi connectivity index (χ3v) is 7.72. The van der Waals surface area contributed by atoms with E-state index in [4.69, 9.17) is 0 Å². The van der Waals surface area contributed by atoms with Gasteiger partial charge in [-0.2, -0.15) is 4.98 Å². The number of carbonyl (C=O) groups excluding carboxylic acids is 2. The van der Waals surface area contributed by atoms with E-state index in [-0.39, 0.29) is 31.2 Å². The summed E-state index contributed by atoms with van der Waals surface area (Å²) >= 11 is 3.54. The summed E-state index contributed by atoms with van der Waals surface area (Å²) < 4.78 is 0.727. The number of anilines is 4. The molecule has 1 aliphatic heterocycles. The summed E-state index contributed by atoms with van der Waals surface area (Å²) in [6, 6.07) is 16.9. The molecule has 1 saturated carbocycles. The van der Waals surface area contributed by atoms with Gasteiger partial charge in [-0.3, -0.25) is 9.59 Å². The summed E-state index contributed by atoms with van der Waals surface area (Å²) in [5.74, 6) is 0.976. The number of amides is 2. The van der Waals surface area contributed by atoms with Crippen molar-refractivity contribution < 1.29 is 9.59 Å². The molecule has 2 atom stereocenters. The molecule has 39 heavy (non-hydrogen) atoms. The maximum Gasteiger partial charge on any atom is 0.253 e. The van der Waals surface area contributed by atoms with E-state index in [1.165, 1.54) is 0 Å². The second kappa shape index (κ2) is 13.0. The number of nitrogens with one attached hydrogen (secondary N) is 3. The van der Waals surface area contributed by atoms with Gasteiger partial charge in [-0.25, -0.2) is 4.98 Å². The Morgan fingerprint density at radius 2 is 1.67 bits per heavy atom. The number of piperazine rings is 1. The summed E-state index contributed by atoms with van der Waals surface area (Å²) in [5.41, 5.74) is 2.25. The molecule has 3 aromatic rings. The van der Waals surface area contributed by atoms with Crippen LogP contribution < -0.4 is 16.0 Å². The van der Waals surface area contributed by atoms with Gasteiger partial charge in [0, 0.05) is 55.4 Å². The largest absolute Gasteiger partial charge is 0.365 e. The summed E-state index contributed by atoms with van der Waals surface area (Å²) in [7, 11) is 2.07. The Morgan fingerprint density at radius 3 is 2.38 bits per heavy atom. The van der Waals surface area contributed by atoms with Crippen LogP contribution in [0.4, 0.5) is 23.1 Å². The highest BCUT2D eigenvalue weighted by atomic mass is 79.9. The minimum atomic E-state index is -0.154. The highest BCUT2D eigenvalue weighted by Gasteiger charge is 2.33. The van der Waals surface area contributed by atoms with E-state index in [1.54, 1.807) is 6.20 Å². The molecule has 10 heteroatoms. The Kier molecular flexibility index (Phi) is 9.53. The quantitative estimate of drug-likeness (QED) is 0.345. The average molecular weight is 595 g/mol. The van der Waals surface area contributed by atoms with Crippen LogP contribution >= 0.6 is 15.9 Å². The van der Waals surface area contributed by atoms with Crippen LogP contribution in [-0.2, 0) is 4.79 Å². The molecule has 2 heterocycles. The lowest BCUT2D eigenvalue weighted by Crippen LogP contribution is -2.47. The van der Waals surface area contributed by atoms with E-state index in [1.807, 2.05) is 59.5 Å². The molecule has 2 amide bonds. The summed E-state index contributed by atoms with van der Waals surface area (Å²) in [6.07, 6.45) is 4.37. The number of likely N-dealkylation sites (N-methyl/N-ethyl adjacent to an activating group) is 1. The van der Waals surface area contributed by atoms with Crippen LogP contribution in [0, 0.1) is 5.92 Å². The lowest BCUT2D eigenvalue weighted by molar-refractivity contribution is -0.119. The normalized spacial score (nSPS) is 19.2. The topological polar surface area (TPSA) is 102 Å². The summed E-state index contributed by atoms with van der Waals surface area (Å²) in [5, 5.41) is 9.71. The zero-order valence-corrected chi connectivity index (χ0v) is 22.9. The van der Waals surface area contributed by atoms with Crippen molar-refractivity contribution in [3.63, 3.8) is 0 Å². The fraction of sp³-hybridized carbons (Fsp3) is 0.379. The first kappa shape index (κ1) is 28.5. The highest BCUT2D eigenvalue weighted by molar-refractivity contribution is 9.10. The molecule has 2 aliphatic rings. The zero-order chi connectivity index (χ0) is 26.5. The van der Waals surface area contributed by atoms with E-state index >= 15 is 0 Å². The molecule has 206 valence electrons. The van der Waals surface area contributed by atoms with E-state index < -0.39 is 0 Å². The number of hydrogen-bond acceptors (Lipinski definition) is 7. The Labute approximate surface area is 238 Å². The molecule has 1 aliphatic carbocycles. The molecular weight excluding hydrogens is 558 g/mol. The van der Waals surface area contributed by atoms with Gasteiger partial charge >= 0.3 is 0 Å². The van der Waals surface area contributed by atoms with Crippen LogP contribution in [0.5, 0.6) is 0 Å². The predicted molar refractivity (Wildman–Crippen MR) is 159 cm³/mol. The molecule has 1 aromatic heterocycles. The second-order valence-corrected chi connectivity index (χ2v) is 10.7. The summed E-state index contributed by atoms with van der Waals surface area (Å²) in [6.45, 7) is 3.27. The first-order chi connectivity index (χ1) is 18.5. The van der Waals surface area contributed by atoms with Crippen molar-refractivity contribution in [2.24, 2.45) is 5.92 Å². The molecule has 0 bridgehead atoms. The number of aromatic nitrogens is 2. The zero-order valence-electron chi connectivity index (χ0n) is 21.4. The maximum atomic E-state index is 13.0. The predicted octanol–water partition coefficient (Wildman–Crippen LogP) is 5.23. The molecule has 3 N–H and O–H groups in total. The van der Waals surface area contributed by atoms with E-state index in [0.29, 0.717) is 17.3 Å². The van der Waals surface area contributed by atoms with Gasteiger partial charge in [0.25, 0.3) is 5.91 Å². The van der Waals surface area contributed by atoms with E-state index in [2.05, 4.69) is 53.8 Å². The van der Waals surface area contributed by atoms with Gasteiger partial charge in [0.1, 0.15) is 5.82 Å². The van der Waals surface area contributed by atoms with Crippen LogP contribution in [0.2, 0.25) is 0 Å². The first-order valence-electron chi connectivity index (χ1n) is 13.0. The van der Waals surface area contributed by atoms with E-state index in [9.17, 15) is 9.59 Å². The Morgan fingerprint density at radius 1 is 0.949 bits per heavy atom. The van der Waals surface area contributed by atoms with Crippen LogP contribution in [0.3, 0.4) is 0 Å². The van der Waals surface area contributed by atoms with Gasteiger partial charge in [0.15, 0.2) is 0 Å². The van der Waals surface area contributed by atoms with Crippen LogP contribution in [0.1, 0.15) is 37.0 Å². The van der Waals surface area contributed by atoms with Crippen LogP contribution in [-0.4, -0.2) is 70.9 Å². The van der Waals surface area contributed by atoms with Gasteiger partial charge in [-0.05, 0) is 72.2 Å². The number of benzene rings is 2. The van der Waals surface area contributed by atoms with Gasteiger partial charge < -0.3 is 25.8 Å². The lowest BCUT2D eigenvalue weighted by atomic mass is 10.0. The van der Waals surface area contributed by atoms with Crippen molar-refractivity contribution >= 4 is 50.9 Å². The van der Waals surface area contributed by atoms with Gasteiger partial charge in [0.05, 0.1) is 10.4 Å². The molecule has 0 spiro atoms. The summed E-state index contributed by atoms with van der Waals surface area (Å²) in [4.78, 5) is 39.0. The number of hydrogen-bond donors (Lipinski definition) is 3. The standard InChI is InChI=1S/C28H32BrN7O2.CH4/c1-35-14-16-36(17-15-35)27(38)19-10-12-21(13-11-19)32-28-30-18-23(29)25(34-28)33-24-9-5-8-22(24)26(37)31-20-6-3-2-4-7-20;/h2-4,6-7,10-13,18,22,24H,5,8-9,14-17H2,1H3,(H,31,37)(H2,30,32,33,34);1H4/t22-,24+;/m0./s1. The van der Waals surface area contributed by atoms with Gasteiger partial charge in [-0.15, -0.1) is 0 Å². The first-order valence-corrected chi connectivity index (χ1v) is 13.8. The smallest absolute Gasteiger partial charge is 0.253 e. The Hall–Kier alpha value is -3.50. The van der Waals surface area contributed by atoms with Crippen molar-refractivity contribution in [2.45, 2.75) is 32.7 Å². The number of para-hydroxylation sites is 1. The second-order valence-electron chi connectivity index (χ2n) is 9.83. The fourth-order valence-corrected chi connectivity index (χ4v) is 5.23. The monoisotopic (exact) mass is 593 g/mol.